The van der Waals surface area contributed by atoms with E-state index >= 15 is 0 Å². The zero-order valence-corrected chi connectivity index (χ0v) is 14.5. The molecule has 1 aromatic carbocycles. The van der Waals surface area contributed by atoms with E-state index in [1.165, 1.54) is 0 Å². The molecule has 6 heteroatoms. The molecule has 21 heavy (non-hydrogen) atoms. The molecule has 1 heterocycles. The Labute approximate surface area is 138 Å². The number of rotatable bonds is 7. The Morgan fingerprint density at radius 3 is 2.90 bits per heavy atom. The smallest absolute Gasteiger partial charge is 0.152 e. The zero-order chi connectivity index (χ0) is 15.2. The third-order valence-electron chi connectivity index (χ3n) is 3.12. The predicted molar refractivity (Wildman–Crippen MR) is 90.2 cm³/mol. The van der Waals surface area contributed by atoms with Gasteiger partial charge in [0.2, 0.25) is 0 Å². The van der Waals surface area contributed by atoms with Gasteiger partial charge in [-0.3, -0.25) is 0 Å². The lowest BCUT2D eigenvalue weighted by Gasteiger charge is -2.08. The molecule has 0 unspecified atom stereocenters. The van der Waals surface area contributed by atoms with E-state index in [2.05, 4.69) is 38.1 Å². The molecule has 0 bridgehead atoms. The van der Waals surface area contributed by atoms with Crippen LogP contribution in [0.1, 0.15) is 31.3 Å². The van der Waals surface area contributed by atoms with E-state index in [0.29, 0.717) is 11.7 Å². The van der Waals surface area contributed by atoms with Crippen molar-refractivity contribution in [2.75, 3.05) is 12.4 Å². The minimum absolute atomic E-state index is 0.538. The van der Waals surface area contributed by atoms with E-state index in [1.807, 2.05) is 18.2 Å². The van der Waals surface area contributed by atoms with Crippen LogP contribution >= 0.6 is 27.5 Å². The molecule has 0 atom stereocenters. The maximum Gasteiger partial charge on any atom is 0.152 e. The average molecular weight is 373 g/mol. The first kappa shape index (κ1) is 16.2. The number of hydrogen-bond donors (Lipinski definition) is 2. The lowest BCUT2D eigenvalue weighted by molar-refractivity contribution is 0.414. The highest BCUT2D eigenvalue weighted by molar-refractivity contribution is 9.10. The van der Waals surface area contributed by atoms with Gasteiger partial charge in [-0.05, 0) is 18.6 Å². The Balaban J connectivity index is 2.02. The number of nitrogens with one attached hydrogen (secondary N) is 2. The van der Waals surface area contributed by atoms with Crippen LogP contribution in [0.4, 0.5) is 5.69 Å². The van der Waals surface area contributed by atoms with Gasteiger partial charge in [-0.25, -0.2) is 4.98 Å². The van der Waals surface area contributed by atoms with Crippen LogP contribution in [0.15, 0.2) is 22.7 Å². The molecule has 114 valence electrons. The van der Waals surface area contributed by atoms with Gasteiger partial charge in [0.15, 0.2) is 5.15 Å². The largest absolute Gasteiger partial charge is 0.497 e. The molecule has 0 amide bonds. The first-order chi connectivity index (χ1) is 10.1. The van der Waals surface area contributed by atoms with Crippen molar-refractivity contribution < 1.29 is 4.74 Å². The van der Waals surface area contributed by atoms with E-state index in [-0.39, 0.29) is 0 Å². The summed E-state index contributed by atoms with van der Waals surface area (Å²) in [6, 6.07) is 5.84. The summed E-state index contributed by atoms with van der Waals surface area (Å²) in [4.78, 5) is 7.63. The second-order valence-electron chi connectivity index (χ2n) is 4.79. The fourth-order valence-corrected chi connectivity index (χ4v) is 2.68. The first-order valence-corrected chi connectivity index (χ1v) is 8.11. The highest BCUT2D eigenvalue weighted by Crippen LogP contribution is 2.25. The van der Waals surface area contributed by atoms with Gasteiger partial charge in [-0.2, -0.15) is 0 Å². The second-order valence-corrected chi connectivity index (χ2v) is 6.06. The molecular weight excluding hydrogens is 354 g/mol. The van der Waals surface area contributed by atoms with Gasteiger partial charge in [-0.1, -0.05) is 40.9 Å². The Bertz CT molecular complexity index is 601. The SMILES string of the molecule is CCCCc1nc(Cl)c(CNc2cc(Br)cc(OC)c2)[nH]1. The summed E-state index contributed by atoms with van der Waals surface area (Å²) in [7, 11) is 1.65. The molecule has 2 N–H and O–H groups in total. The van der Waals surface area contributed by atoms with Gasteiger partial charge in [-0.15, -0.1) is 0 Å². The highest BCUT2D eigenvalue weighted by atomic mass is 79.9. The molecule has 0 radical (unpaired) electrons. The fraction of sp³-hybridized carbons (Fsp3) is 0.400. The molecule has 4 nitrogen and oxygen atoms in total. The van der Waals surface area contributed by atoms with Crippen molar-refractivity contribution in [3.8, 4) is 5.75 Å². The lowest BCUT2D eigenvalue weighted by Crippen LogP contribution is -2.01. The predicted octanol–water partition coefficient (Wildman–Crippen LogP) is 4.79. The molecular formula is C15H19BrClN3O. The number of aromatic nitrogens is 2. The number of H-pyrrole nitrogens is 1. The number of hydrogen-bond acceptors (Lipinski definition) is 3. The molecule has 0 saturated heterocycles. The quantitative estimate of drug-likeness (QED) is 0.734. The maximum absolute atomic E-state index is 6.16. The van der Waals surface area contributed by atoms with E-state index in [9.17, 15) is 0 Å². The molecule has 0 fully saturated rings. The van der Waals surface area contributed by atoms with E-state index < -0.39 is 0 Å². The van der Waals surface area contributed by atoms with Gasteiger partial charge < -0.3 is 15.0 Å². The number of aromatic amines is 1. The number of anilines is 1. The van der Waals surface area contributed by atoms with E-state index in [4.69, 9.17) is 16.3 Å². The van der Waals surface area contributed by atoms with Crippen molar-refractivity contribution in [2.45, 2.75) is 32.7 Å². The molecule has 0 spiro atoms. The van der Waals surface area contributed by atoms with Crippen LogP contribution in [-0.4, -0.2) is 17.1 Å². The van der Waals surface area contributed by atoms with Gasteiger partial charge >= 0.3 is 0 Å². The number of ether oxygens (including phenoxy) is 1. The van der Waals surface area contributed by atoms with Gasteiger partial charge in [0.1, 0.15) is 11.6 Å². The second kappa shape index (κ2) is 7.71. The lowest BCUT2D eigenvalue weighted by atomic mass is 10.2. The molecule has 0 aliphatic rings. The Morgan fingerprint density at radius 1 is 1.38 bits per heavy atom. The van der Waals surface area contributed by atoms with Crippen molar-refractivity contribution >= 4 is 33.2 Å². The Morgan fingerprint density at radius 2 is 2.19 bits per heavy atom. The number of imidazole rings is 1. The molecule has 0 aliphatic carbocycles. The standard InChI is InChI=1S/C15H19BrClN3O/c1-3-4-5-14-19-13(15(17)20-14)9-18-11-6-10(16)7-12(8-11)21-2/h6-8,18H,3-5,9H2,1-2H3,(H,19,20). The number of halogens is 2. The summed E-state index contributed by atoms with van der Waals surface area (Å²) < 4.78 is 6.21. The molecule has 1 aromatic heterocycles. The maximum atomic E-state index is 6.16. The number of aryl methyl sites for hydroxylation is 1. The summed E-state index contributed by atoms with van der Waals surface area (Å²) in [6.45, 7) is 2.76. The normalized spacial score (nSPS) is 10.7. The van der Waals surface area contributed by atoms with Crippen molar-refractivity contribution in [3.63, 3.8) is 0 Å². The van der Waals surface area contributed by atoms with Crippen LogP contribution < -0.4 is 10.1 Å². The van der Waals surface area contributed by atoms with Gasteiger partial charge in [0.25, 0.3) is 0 Å². The van der Waals surface area contributed by atoms with Crippen molar-refractivity contribution in [1.29, 1.82) is 0 Å². The number of nitrogens with zero attached hydrogens (tertiary/aromatic N) is 1. The third kappa shape index (κ3) is 4.64. The van der Waals surface area contributed by atoms with Crippen LogP contribution in [0.2, 0.25) is 5.15 Å². The minimum atomic E-state index is 0.538. The molecule has 0 aliphatic heterocycles. The van der Waals surface area contributed by atoms with Gasteiger partial charge in [0.05, 0.1) is 19.3 Å². The first-order valence-electron chi connectivity index (χ1n) is 6.94. The van der Waals surface area contributed by atoms with Crippen LogP contribution in [-0.2, 0) is 13.0 Å². The summed E-state index contributed by atoms with van der Waals surface area (Å²) in [5, 5.41) is 3.86. The zero-order valence-electron chi connectivity index (χ0n) is 12.2. The van der Waals surface area contributed by atoms with Crippen LogP contribution in [0, 0.1) is 0 Å². The number of benzene rings is 1. The topological polar surface area (TPSA) is 49.9 Å². The Kier molecular flexibility index (Phi) is 5.94. The van der Waals surface area contributed by atoms with Gasteiger partial charge in [0, 0.05) is 22.6 Å². The van der Waals surface area contributed by atoms with Crippen LogP contribution in [0.3, 0.4) is 0 Å². The summed E-state index contributed by atoms with van der Waals surface area (Å²) in [5.74, 6) is 1.75. The van der Waals surface area contributed by atoms with Crippen LogP contribution in [0.5, 0.6) is 5.75 Å². The molecule has 0 saturated carbocycles. The number of unbranched alkanes of at least 4 members (excludes halogenated alkanes) is 1. The summed E-state index contributed by atoms with van der Waals surface area (Å²) in [5.41, 5.74) is 1.86. The summed E-state index contributed by atoms with van der Waals surface area (Å²) >= 11 is 9.62. The van der Waals surface area contributed by atoms with E-state index in [1.54, 1.807) is 7.11 Å². The minimum Gasteiger partial charge on any atom is -0.497 e. The third-order valence-corrected chi connectivity index (χ3v) is 3.89. The Hall–Kier alpha value is -1.20. The number of methoxy groups -OCH3 is 1. The van der Waals surface area contributed by atoms with Crippen molar-refractivity contribution in [2.24, 2.45) is 0 Å². The van der Waals surface area contributed by atoms with E-state index in [0.717, 1.165) is 46.7 Å². The monoisotopic (exact) mass is 371 g/mol. The highest BCUT2D eigenvalue weighted by Gasteiger charge is 2.08. The fourth-order valence-electron chi connectivity index (χ4n) is 1.99. The molecule has 2 rings (SSSR count). The molecule has 2 aromatic rings. The average Bonchev–Trinajstić information content (AvgIpc) is 2.82. The van der Waals surface area contributed by atoms with Crippen molar-refractivity contribution in [1.82, 2.24) is 9.97 Å². The van der Waals surface area contributed by atoms with Crippen molar-refractivity contribution in [3.05, 3.63) is 39.3 Å². The summed E-state index contributed by atoms with van der Waals surface area (Å²) in [6.07, 6.45) is 3.18. The van der Waals surface area contributed by atoms with Crippen LogP contribution in [0.25, 0.3) is 0 Å².